The van der Waals surface area contributed by atoms with Crippen molar-refractivity contribution >= 4 is 0 Å². The summed E-state index contributed by atoms with van der Waals surface area (Å²) in [7, 11) is 1.67. The first-order valence-electron chi connectivity index (χ1n) is 6.79. The lowest BCUT2D eigenvalue weighted by molar-refractivity contribution is 0.414. The van der Waals surface area contributed by atoms with Crippen LogP contribution in [-0.2, 0) is 0 Å². The number of benzene rings is 2. The number of methoxy groups -OCH3 is 1. The van der Waals surface area contributed by atoms with E-state index in [0.717, 1.165) is 11.3 Å². The van der Waals surface area contributed by atoms with Gasteiger partial charge in [0.1, 0.15) is 11.5 Å². The fourth-order valence-corrected chi connectivity index (χ4v) is 2.25. The van der Waals surface area contributed by atoms with Crippen LogP contribution in [0, 0.1) is 0 Å². The summed E-state index contributed by atoms with van der Waals surface area (Å²) >= 11 is 0. The molecule has 106 valence electrons. The van der Waals surface area contributed by atoms with Crippen molar-refractivity contribution in [3.63, 3.8) is 0 Å². The summed E-state index contributed by atoms with van der Waals surface area (Å²) in [6.07, 6.45) is 0. The van der Waals surface area contributed by atoms with Crippen molar-refractivity contribution < 1.29 is 9.84 Å². The highest BCUT2D eigenvalue weighted by Crippen LogP contribution is 2.23. The van der Waals surface area contributed by atoms with Gasteiger partial charge in [-0.3, -0.25) is 0 Å². The fraction of sp³-hybridized carbons (Fsp3) is 0.294. The molecular weight excluding hydrogens is 250 g/mol. The molecule has 0 aliphatic heterocycles. The molecule has 0 amide bonds. The van der Waals surface area contributed by atoms with Crippen LogP contribution in [0.5, 0.6) is 11.5 Å². The Morgan fingerprint density at radius 2 is 1.60 bits per heavy atom. The van der Waals surface area contributed by atoms with Gasteiger partial charge in [0, 0.05) is 12.1 Å². The van der Waals surface area contributed by atoms with Gasteiger partial charge in [0.2, 0.25) is 0 Å². The average Bonchev–Trinajstić information content (AvgIpc) is 2.47. The number of phenols is 1. The third kappa shape index (κ3) is 3.52. The van der Waals surface area contributed by atoms with Crippen LogP contribution in [0.4, 0.5) is 0 Å². The first kappa shape index (κ1) is 14.4. The number of rotatable bonds is 5. The van der Waals surface area contributed by atoms with E-state index in [2.05, 4.69) is 31.3 Å². The lowest BCUT2D eigenvalue weighted by Gasteiger charge is -2.21. The van der Waals surface area contributed by atoms with E-state index in [9.17, 15) is 5.11 Å². The van der Waals surface area contributed by atoms with Crippen molar-refractivity contribution in [2.75, 3.05) is 7.11 Å². The van der Waals surface area contributed by atoms with E-state index in [1.165, 1.54) is 5.56 Å². The molecule has 3 heteroatoms. The Bertz CT molecular complexity index is 551. The summed E-state index contributed by atoms with van der Waals surface area (Å²) in [6, 6.07) is 15.8. The van der Waals surface area contributed by atoms with Crippen molar-refractivity contribution in [2.24, 2.45) is 0 Å². The zero-order valence-electron chi connectivity index (χ0n) is 12.1. The highest BCUT2D eigenvalue weighted by Gasteiger charge is 2.11. The van der Waals surface area contributed by atoms with Crippen LogP contribution in [-0.4, -0.2) is 12.2 Å². The molecule has 1 unspecified atom stereocenters. The molecule has 0 spiro atoms. The summed E-state index contributed by atoms with van der Waals surface area (Å²) in [5, 5.41) is 13.1. The summed E-state index contributed by atoms with van der Waals surface area (Å²) in [5.41, 5.74) is 2.28. The van der Waals surface area contributed by atoms with Gasteiger partial charge in [-0.15, -0.1) is 0 Å². The highest BCUT2D eigenvalue weighted by atomic mass is 16.5. The number of phenolic OH excluding ortho intramolecular Hbond substituents is 1. The largest absolute Gasteiger partial charge is 0.508 e. The molecule has 2 atom stereocenters. The summed E-state index contributed by atoms with van der Waals surface area (Å²) in [5.74, 6) is 1.16. The van der Waals surface area contributed by atoms with Gasteiger partial charge < -0.3 is 15.2 Å². The molecule has 0 aliphatic carbocycles. The fourth-order valence-electron chi connectivity index (χ4n) is 2.25. The number of hydrogen-bond donors (Lipinski definition) is 2. The van der Waals surface area contributed by atoms with Crippen LogP contribution < -0.4 is 10.1 Å². The van der Waals surface area contributed by atoms with Gasteiger partial charge in [0.05, 0.1) is 7.11 Å². The Labute approximate surface area is 120 Å². The number of ether oxygens (including phenoxy) is 1. The van der Waals surface area contributed by atoms with Crippen LogP contribution in [0.3, 0.4) is 0 Å². The number of hydrogen-bond acceptors (Lipinski definition) is 3. The van der Waals surface area contributed by atoms with Crippen LogP contribution in [0.1, 0.15) is 37.1 Å². The quantitative estimate of drug-likeness (QED) is 0.868. The topological polar surface area (TPSA) is 41.5 Å². The SMILES string of the molecule is COc1ccc([C@H](C)NC(C)c2cccc(O)c2)cc1. The van der Waals surface area contributed by atoms with Gasteiger partial charge >= 0.3 is 0 Å². The maximum Gasteiger partial charge on any atom is 0.118 e. The molecule has 20 heavy (non-hydrogen) atoms. The van der Waals surface area contributed by atoms with Crippen LogP contribution in [0.25, 0.3) is 0 Å². The second kappa shape index (κ2) is 6.44. The van der Waals surface area contributed by atoms with E-state index in [-0.39, 0.29) is 12.1 Å². The molecule has 2 N–H and O–H groups in total. The molecule has 0 aliphatic rings. The molecule has 2 aromatic carbocycles. The molecule has 0 fully saturated rings. The molecular formula is C17H21NO2. The van der Waals surface area contributed by atoms with Gasteiger partial charge in [0.15, 0.2) is 0 Å². The van der Waals surface area contributed by atoms with Gasteiger partial charge in [0.25, 0.3) is 0 Å². The van der Waals surface area contributed by atoms with Crippen molar-refractivity contribution in [1.29, 1.82) is 0 Å². The lowest BCUT2D eigenvalue weighted by atomic mass is 10.0. The Hall–Kier alpha value is -2.00. The molecule has 2 rings (SSSR count). The van der Waals surface area contributed by atoms with Gasteiger partial charge in [-0.05, 0) is 49.2 Å². The smallest absolute Gasteiger partial charge is 0.118 e. The maximum atomic E-state index is 9.53. The zero-order chi connectivity index (χ0) is 14.5. The Kier molecular flexibility index (Phi) is 4.64. The summed E-state index contributed by atoms with van der Waals surface area (Å²) in [6.45, 7) is 4.22. The van der Waals surface area contributed by atoms with Gasteiger partial charge in [-0.2, -0.15) is 0 Å². The molecule has 0 saturated carbocycles. The first-order chi connectivity index (χ1) is 9.60. The monoisotopic (exact) mass is 271 g/mol. The van der Waals surface area contributed by atoms with Crippen LogP contribution in [0.2, 0.25) is 0 Å². The van der Waals surface area contributed by atoms with Crippen LogP contribution >= 0.6 is 0 Å². The molecule has 0 aromatic heterocycles. The summed E-state index contributed by atoms with van der Waals surface area (Å²) < 4.78 is 5.16. The Morgan fingerprint density at radius 1 is 0.950 bits per heavy atom. The molecule has 0 heterocycles. The van der Waals surface area contributed by atoms with Crippen molar-refractivity contribution in [1.82, 2.24) is 5.32 Å². The Balaban J connectivity index is 2.04. The van der Waals surface area contributed by atoms with E-state index in [1.54, 1.807) is 19.2 Å². The third-order valence-electron chi connectivity index (χ3n) is 3.49. The minimum Gasteiger partial charge on any atom is -0.508 e. The maximum absolute atomic E-state index is 9.53. The molecule has 0 saturated heterocycles. The molecule has 0 radical (unpaired) electrons. The minimum atomic E-state index is 0.166. The molecule has 0 bridgehead atoms. The highest BCUT2D eigenvalue weighted by molar-refractivity contribution is 5.31. The van der Waals surface area contributed by atoms with Crippen molar-refractivity contribution in [2.45, 2.75) is 25.9 Å². The Morgan fingerprint density at radius 3 is 2.20 bits per heavy atom. The van der Waals surface area contributed by atoms with Crippen LogP contribution in [0.15, 0.2) is 48.5 Å². The van der Waals surface area contributed by atoms with E-state index in [4.69, 9.17) is 4.74 Å². The van der Waals surface area contributed by atoms with Gasteiger partial charge in [-0.1, -0.05) is 24.3 Å². The first-order valence-corrected chi connectivity index (χ1v) is 6.79. The van der Waals surface area contributed by atoms with Gasteiger partial charge in [-0.25, -0.2) is 0 Å². The zero-order valence-corrected chi connectivity index (χ0v) is 12.1. The van der Waals surface area contributed by atoms with E-state index >= 15 is 0 Å². The summed E-state index contributed by atoms with van der Waals surface area (Å²) in [4.78, 5) is 0. The number of aromatic hydroxyl groups is 1. The molecule has 2 aromatic rings. The lowest BCUT2D eigenvalue weighted by Crippen LogP contribution is -2.22. The normalized spacial score (nSPS) is 13.8. The standard InChI is InChI=1S/C17H21NO2/c1-12(14-7-9-17(20-3)10-8-14)18-13(2)15-5-4-6-16(19)11-15/h4-13,18-19H,1-3H3/t12-,13?/m0/s1. The second-order valence-corrected chi connectivity index (χ2v) is 4.98. The van der Waals surface area contributed by atoms with Crippen molar-refractivity contribution in [3.8, 4) is 11.5 Å². The second-order valence-electron chi connectivity index (χ2n) is 4.98. The van der Waals surface area contributed by atoms with E-state index in [1.807, 2.05) is 24.3 Å². The number of nitrogens with one attached hydrogen (secondary N) is 1. The predicted octanol–water partition coefficient (Wildman–Crippen LogP) is 3.81. The predicted molar refractivity (Wildman–Crippen MR) is 81.1 cm³/mol. The van der Waals surface area contributed by atoms with Crippen molar-refractivity contribution in [3.05, 3.63) is 59.7 Å². The van der Waals surface area contributed by atoms with E-state index < -0.39 is 0 Å². The third-order valence-corrected chi connectivity index (χ3v) is 3.49. The van der Waals surface area contributed by atoms with E-state index in [0.29, 0.717) is 5.75 Å². The average molecular weight is 271 g/mol. The minimum absolute atomic E-state index is 0.166. The molecule has 3 nitrogen and oxygen atoms in total.